The quantitative estimate of drug-likeness (QED) is 0.226. The fourth-order valence-electron chi connectivity index (χ4n) is 6.65. The molecule has 0 radical (unpaired) electrons. The van der Waals surface area contributed by atoms with Crippen molar-refractivity contribution in [2.45, 2.75) is 83.1 Å². The van der Waals surface area contributed by atoms with Gasteiger partial charge < -0.3 is 0 Å². The zero-order valence-corrected chi connectivity index (χ0v) is 29.3. The molecule has 2 heteroatoms. The Morgan fingerprint density at radius 2 is 0.395 bits per heavy atom. The Morgan fingerprint density at radius 1 is 0.263 bits per heavy atom. The van der Waals surface area contributed by atoms with Gasteiger partial charge in [-0.2, -0.15) is 0 Å². The molecule has 4 rings (SSSR count). The molecule has 0 fully saturated rings. The zero-order valence-electron chi connectivity index (χ0n) is 25.5. The van der Waals surface area contributed by atoms with Crippen LogP contribution in [0.2, 0.25) is 0 Å². The predicted octanol–water partition coefficient (Wildman–Crippen LogP) is 6.38. The molecule has 0 spiro atoms. The van der Waals surface area contributed by atoms with Crippen LogP contribution in [0.3, 0.4) is 0 Å². The first-order valence-corrected chi connectivity index (χ1v) is 22.7. The van der Waals surface area contributed by atoms with Crippen molar-refractivity contribution in [2.75, 3.05) is 0 Å². The molecular weight excluding hydrogens is 582 g/mol. The van der Waals surface area contributed by atoms with Gasteiger partial charge in [-0.3, -0.25) is 0 Å². The van der Waals surface area contributed by atoms with E-state index in [1.807, 2.05) is 0 Å². The molecule has 4 aromatic rings. The van der Waals surface area contributed by atoms with Crippen molar-refractivity contribution in [3.8, 4) is 0 Å². The Bertz CT molecular complexity index is 1220. The van der Waals surface area contributed by atoms with Crippen LogP contribution in [0.4, 0.5) is 0 Å². The Labute approximate surface area is 239 Å². The van der Waals surface area contributed by atoms with Crippen LogP contribution in [-0.2, 0) is 0 Å². The first-order valence-electron chi connectivity index (χ1n) is 13.7. The second kappa shape index (κ2) is 11.2. The summed E-state index contributed by atoms with van der Waals surface area (Å²) in [5, 5.41) is 0. The molecule has 0 unspecified atom stereocenters. The van der Waals surface area contributed by atoms with E-state index in [0.29, 0.717) is 0 Å². The Hall–Kier alpha value is -2.00. The topological polar surface area (TPSA) is 0 Å². The van der Waals surface area contributed by atoms with Crippen molar-refractivity contribution in [3.63, 3.8) is 0 Å². The number of rotatable bonds is 5. The third kappa shape index (κ3) is 5.51. The summed E-state index contributed by atoms with van der Waals surface area (Å²) in [7, 11) is 0. The van der Waals surface area contributed by atoms with Crippen molar-refractivity contribution >= 4 is 42.6 Å². The summed E-state index contributed by atoms with van der Waals surface area (Å²) in [4.78, 5) is 0. The molecule has 0 heterocycles. The van der Waals surface area contributed by atoms with Gasteiger partial charge in [-0.1, -0.05) is 0 Å². The van der Waals surface area contributed by atoms with Gasteiger partial charge in [0.15, 0.2) is 0 Å². The van der Waals surface area contributed by atoms with Crippen LogP contribution in [0.15, 0.2) is 48.5 Å². The molecule has 0 aliphatic heterocycles. The molecule has 38 heavy (non-hydrogen) atoms. The summed E-state index contributed by atoms with van der Waals surface area (Å²) < 4.78 is 6.77. The second-order valence-electron chi connectivity index (χ2n) is 11.6. The Balaban J connectivity index is 2.24. The van der Waals surface area contributed by atoms with Crippen LogP contribution in [0, 0.1) is 83.1 Å². The molecule has 0 amide bonds. The minimum absolute atomic E-state index is 1.37. The average molecular weight is 627 g/mol. The van der Waals surface area contributed by atoms with E-state index in [-0.39, 0.29) is 0 Å². The van der Waals surface area contributed by atoms with Crippen LogP contribution >= 0.6 is 0 Å². The van der Waals surface area contributed by atoms with E-state index in [1.165, 1.54) is 66.8 Å². The molecule has 0 aliphatic rings. The number of benzene rings is 4. The van der Waals surface area contributed by atoms with Crippen LogP contribution in [0.25, 0.3) is 0 Å². The summed E-state index contributed by atoms with van der Waals surface area (Å²) in [6.07, 6.45) is 0. The van der Waals surface area contributed by atoms with Crippen LogP contribution < -0.4 is 17.4 Å². The number of hydrogen-bond donors (Lipinski definition) is 0. The average Bonchev–Trinajstić information content (AvgIpc) is 2.74. The maximum absolute atomic E-state index is 2.44. The third-order valence-electron chi connectivity index (χ3n) is 7.59. The van der Waals surface area contributed by atoms with Gasteiger partial charge in [-0.15, -0.1) is 0 Å². The molecule has 4 aromatic carbocycles. The normalized spacial score (nSPS) is 11.6. The van der Waals surface area contributed by atoms with Crippen molar-refractivity contribution in [1.29, 1.82) is 0 Å². The summed E-state index contributed by atoms with van der Waals surface area (Å²) in [5.41, 5.74) is 17.4. The molecular formula is C36H44As2. The summed E-state index contributed by atoms with van der Waals surface area (Å²) in [6, 6.07) is 19.5. The molecule has 0 saturated carbocycles. The van der Waals surface area contributed by atoms with Crippen LogP contribution in [0.5, 0.6) is 0 Å². The van der Waals surface area contributed by atoms with E-state index in [2.05, 4.69) is 132 Å². The molecule has 0 nitrogen and oxygen atoms in total. The SMILES string of the molecule is Cc1cc(C)c([As](c2c(C)cc(C)cc2C)[As](c2c(C)cc(C)cc2C)c2c(C)cc(C)cc2C)c(C)c1. The summed E-state index contributed by atoms with van der Waals surface area (Å²) in [5.74, 6) is 0. The van der Waals surface area contributed by atoms with Gasteiger partial charge >= 0.3 is 241 Å². The zero-order chi connectivity index (χ0) is 28.0. The van der Waals surface area contributed by atoms with Gasteiger partial charge in [-0.25, -0.2) is 0 Å². The molecule has 0 aliphatic carbocycles. The monoisotopic (exact) mass is 626 g/mol. The fraction of sp³-hybridized carbons (Fsp3) is 0.333. The Kier molecular flexibility index (Phi) is 8.57. The van der Waals surface area contributed by atoms with Crippen LogP contribution in [0.1, 0.15) is 66.8 Å². The second-order valence-corrected chi connectivity index (χ2v) is 26.7. The van der Waals surface area contributed by atoms with Gasteiger partial charge in [-0.05, 0) is 0 Å². The standard InChI is InChI=1S/C36H44As2/c1-21-13-25(5)33(26(6)14-21)37(34-27(7)15-22(2)16-28(34)8)38(35-29(9)17-23(3)18-30(35)10)36-31(11)19-24(4)20-32(36)12/h13-20H,1-12H3. The van der Waals surface area contributed by atoms with E-state index in [0.717, 1.165) is 0 Å². The fourth-order valence-corrected chi connectivity index (χ4v) is 38.4. The molecule has 0 N–H and O–H groups in total. The first kappa shape index (κ1) is 29.0. The Morgan fingerprint density at radius 3 is 0.526 bits per heavy atom. The van der Waals surface area contributed by atoms with Crippen molar-refractivity contribution in [2.24, 2.45) is 0 Å². The number of hydrogen-bond acceptors (Lipinski definition) is 0. The van der Waals surface area contributed by atoms with Gasteiger partial charge in [0.1, 0.15) is 0 Å². The molecule has 0 saturated heterocycles. The van der Waals surface area contributed by atoms with E-state index < -0.39 is 25.2 Å². The van der Waals surface area contributed by atoms with E-state index in [9.17, 15) is 0 Å². The minimum atomic E-state index is -1.82. The van der Waals surface area contributed by atoms with Crippen molar-refractivity contribution in [3.05, 3.63) is 115 Å². The van der Waals surface area contributed by atoms with Gasteiger partial charge in [0.05, 0.1) is 0 Å². The number of aryl methyl sites for hydroxylation is 12. The van der Waals surface area contributed by atoms with E-state index >= 15 is 0 Å². The van der Waals surface area contributed by atoms with Crippen molar-refractivity contribution < 1.29 is 0 Å². The third-order valence-corrected chi connectivity index (χ3v) is 31.0. The maximum atomic E-state index is 2.44. The molecule has 0 atom stereocenters. The van der Waals surface area contributed by atoms with Gasteiger partial charge in [0.2, 0.25) is 0 Å². The van der Waals surface area contributed by atoms with Gasteiger partial charge in [0, 0.05) is 0 Å². The van der Waals surface area contributed by atoms with E-state index in [4.69, 9.17) is 0 Å². The van der Waals surface area contributed by atoms with Crippen LogP contribution in [-0.4, -0.2) is 25.2 Å². The summed E-state index contributed by atoms with van der Waals surface area (Å²) in [6.45, 7) is 28.1. The van der Waals surface area contributed by atoms with E-state index in [1.54, 1.807) is 17.4 Å². The first-order chi connectivity index (χ1) is 17.8. The summed E-state index contributed by atoms with van der Waals surface area (Å²) >= 11 is -3.64. The van der Waals surface area contributed by atoms with Crippen molar-refractivity contribution in [1.82, 2.24) is 0 Å². The molecule has 0 bridgehead atoms. The molecule has 0 aromatic heterocycles. The van der Waals surface area contributed by atoms with Gasteiger partial charge in [0.25, 0.3) is 0 Å². The molecule has 198 valence electrons. The predicted molar refractivity (Wildman–Crippen MR) is 173 cm³/mol.